The SMILES string of the molecule is CC1(C)CC(O)(Cc2ccc(F)cc2)CCO1. The fraction of sp³-hybridized carbons (Fsp3) is 0.571. The van der Waals surface area contributed by atoms with Crippen molar-refractivity contribution in [3.8, 4) is 0 Å². The normalized spacial score (nSPS) is 28.0. The van der Waals surface area contributed by atoms with Gasteiger partial charge in [0.05, 0.1) is 17.8 Å². The van der Waals surface area contributed by atoms with Crippen LogP contribution < -0.4 is 0 Å². The van der Waals surface area contributed by atoms with E-state index in [0.717, 1.165) is 5.56 Å². The molecule has 1 saturated heterocycles. The maximum atomic E-state index is 12.8. The van der Waals surface area contributed by atoms with Crippen molar-refractivity contribution >= 4 is 0 Å². The molecule has 94 valence electrons. The van der Waals surface area contributed by atoms with Crippen LogP contribution in [-0.4, -0.2) is 22.9 Å². The summed E-state index contributed by atoms with van der Waals surface area (Å²) >= 11 is 0. The zero-order valence-electron chi connectivity index (χ0n) is 10.4. The second-order valence-corrected chi connectivity index (χ2v) is 5.56. The average Bonchev–Trinajstić information content (AvgIpc) is 2.19. The van der Waals surface area contributed by atoms with Crippen molar-refractivity contribution < 1.29 is 14.2 Å². The predicted octanol–water partition coefficient (Wildman–Crippen LogP) is 2.69. The quantitative estimate of drug-likeness (QED) is 0.858. The van der Waals surface area contributed by atoms with Crippen LogP contribution in [0.2, 0.25) is 0 Å². The summed E-state index contributed by atoms with van der Waals surface area (Å²) in [7, 11) is 0. The molecule has 1 fully saturated rings. The molecule has 0 radical (unpaired) electrons. The van der Waals surface area contributed by atoms with Crippen molar-refractivity contribution in [3.05, 3.63) is 35.6 Å². The first-order chi connectivity index (χ1) is 7.89. The van der Waals surface area contributed by atoms with E-state index >= 15 is 0 Å². The highest BCUT2D eigenvalue weighted by Gasteiger charge is 2.39. The zero-order valence-corrected chi connectivity index (χ0v) is 10.4. The van der Waals surface area contributed by atoms with E-state index in [1.54, 1.807) is 12.1 Å². The van der Waals surface area contributed by atoms with E-state index in [1.165, 1.54) is 12.1 Å². The summed E-state index contributed by atoms with van der Waals surface area (Å²) < 4.78 is 18.4. The zero-order chi connectivity index (χ0) is 12.5. The molecule has 0 spiro atoms. The summed E-state index contributed by atoms with van der Waals surface area (Å²) in [4.78, 5) is 0. The predicted molar refractivity (Wildman–Crippen MR) is 64.3 cm³/mol. The Kier molecular flexibility index (Phi) is 3.23. The molecule has 1 atom stereocenters. The number of hydrogen-bond acceptors (Lipinski definition) is 2. The lowest BCUT2D eigenvalue weighted by Crippen LogP contribution is -2.47. The highest BCUT2D eigenvalue weighted by molar-refractivity contribution is 5.18. The minimum absolute atomic E-state index is 0.243. The molecule has 1 aromatic rings. The summed E-state index contributed by atoms with van der Waals surface area (Å²) in [5, 5.41) is 10.6. The molecule has 1 aliphatic heterocycles. The summed E-state index contributed by atoms with van der Waals surface area (Å²) in [6.07, 6.45) is 1.80. The number of benzene rings is 1. The van der Waals surface area contributed by atoms with Crippen molar-refractivity contribution in [2.45, 2.75) is 44.3 Å². The Labute approximate surface area is 101 Å². The smallest absolute Gasteiger partial charge is 0.123 e. The second-order valence-electron chi connectivity index (χ2n) is 5.56. The Bertz CT molecular complexity index is 386. The number of halogens is 1. The van der Waals surface area contributed by atoms with Crippen LogP contribution in [0.25, 0.3) is 0 Å². The van der Waals surface area contributed by atoms with Crippen LogP contribution in [0.1, 0.15) is 32.3 Å². The minimum atomic E-state index is -0.737. The number of ether oxygens (including phenoxy) is 1. The molecule has 0 saturated carbocycles. The number of rotatable bonds is 2. The Balaban J connectivity index is 2.09. The lowest BCUT2D eigenvalue weighted by molar-refractivity contribution is -0.143. The lowest BCUT2D eigenvalue weighted by Gasteiger charge is -2.41. The van der Waals surface area contributed by atoms with Gasteiger partial charge in [-0.1, -0.05) is 12.1 Å². The van der Waals surface area contributed by atoms with Crippen molar-refractivity contribution in [2.24, 2.45) is 0 Å². The Morgan fingerprint density at radius 2 is 1.94 bits per heavy atom. The molecule has 1 aliphatic rings. The lowest BCUT2D eigenvalue weighted by atomic mass is 9.80. The summed E-state index contributed by atoms with van der Waals surface area (Å²) in [5.74, 6) is -0.243. The summed E-state index contributed by atoms with van der Waals surface area (Å²) in [6, 6.07) is 6.33. The van der Waals surface area contributed by atoms with E-state index in [0.29, 0.717) is 25.9 Å². The van der Waals surface area contributed by atoms with Crippen molar-refractivity contribution in [3.63, 3.8) is 0 Å². The molecule has 2 nitrogen and oxygen atoms in total. The van der Waals surface area contributed by atoms with Crippen LogP contribution in [0.4, 0.5) is 4.39 Å². The standard InChI is InChI=1S/C14H19FO2/c1-13(2)10-14(16,7-8-17-13)9-11-3-5-12(15)6-4-11/h3-6,16H,7-10H2,1-2H3. The van der Waals surface area contributed by atoms with Gasteiger partial charge in [0.1, 0.15) is 5.82 Å². The first-order valence-electron chi connectivity index (χ1n) is 5.99. The van der Waals surface area contributed by atoms with E-state index < -0.39 is 5.60 Å². The van der Waals surface area contributed by atoms with Gasteiger partial charge in [0.2, 0.25) is 0 Å². The average molecular weight is 238 g/mol. The first-order valence-corrected chi connectivity index (χ1v) is 5.99. The van der Waals surface area contributed by atoms with Gasteiger partial charge >= 0.3 is 0 Å². The molecular formula is C14H19FO2. The van der Waals surface area contributed by atoms with E-state index in [1.807, 2.05) is 13.8 Å². The van der Waals surface area contributed by atoms with Gasteiger partial charge in [-0.2, -0.15) is 0 Å². The molecule has 1 unspecified atom stereocenters. The van der Waals surface area contributed by atoms with Gasteiger partial charge in [0.25, 0.3) is 0 Å². The molecule has 0 bridgehead atoms. The number of hydrogen-bond donors (Lipinski definition) is 1. The van der Waals surface area contributed by atoms with Gasteiger partial charge in [0.15, 0.2) is 0 Å². The largest absolute Gasteiger partial charge is 0.389 e. The highest BCUT2D eigenvalue weighted by Crippen LogP contribution is 2.34. The van der Waals surface area contributed by atoms with Gasteiger partial charge in [-0.05, 0) is 38.0 Å². The highest BCUT2D eigenvalue weighted by atomic mass is 19.1. The monoisotopic (exact) mass is 238 g/mol. The van der Waals surface area contributed by atoms with Crippen molar-refractivity contribution in [2.75, 3.05) is 6.61 Å². The van der Waals surface area contributed by atoms with Gasteiger partial charge in [-0.3, -0.25) is 0 Å². The van der Waals surface area contributed by atoms with Crippen LogP contribution in [0.15, 0.2) is 24.3 Å². The third kappa shape index (κ3) is 3.27. The minimum Gasteiger partial charge on any atom is -0.389 e. The Morgan fingerprint density at radius 1 is 1.29 bits per heavy atom. The summed E-state index contributed by atoms with van der Waals surface area (Å²) in [6.45, 7) is 4.55. The van der Waals surface area contributed by atoms with Crippen molar-refractivity contribution in [1.82, 2.24) is 0 Å². The van der Waals surface area contributed by atoms with E-state index in [4.69, 9.17) is 4.74 Å². The van der Waals surface area contributed by atoms with E-state index in [2.05, 4.69) is 0 Å². The maximum Gasteiger partial charge on any atom is 0.123 e. The van der Waals surface area contributed by atoms with E-state index in [9.17, 15) is 9.50 Å². The molecule has 1 N–H and O–H groups in total. The molecule has 0 aliphatic carbocycles. The fourth-order valence-corrected chi connectivity index (χ4v) is 2.58. The molecule has 2 rings (SSSR count). The number of aliphatic hydroxyl groups is 1. The molecule has 1 aromatic carbocycles. The van der Waals surface area contributed by atoms with Crippen molar-refractivity contribution in [1.29, 1.82) is 0 Å². The third-order valence-corrected chi connectivity index (χ3v) is 3.26. The third-order valence-electron chi connectivity index (χ3n) is 3.26. The van der Waals surface area contributed by atoms with Gasteiger partial charge in [0, 0.05) is 12.8 Å². The van der Waals surface area contributed by atoms with Gasteiger partial charge in [-0.15, -0.1) is 0 Å². The Hall–Kier alpha value is -0.930. The topological polar surface area (TPSA) is 29.5 Å². The van der Waals surface area contributed by atoms with Crippen LogP contribution in [-0.2, 0) is 11.2 Å². The molecule has 0 aromatic heterocycles. The van der Waals surface area contributed by atoms with Crippen LogP contribution in [0.3, 0.4) is 0 Å². The fourth-order valence-electron chi connectivity index (χ4n) is 2.58. The molecular weight excluding hydrogens is 219 g/mol. The summed E-state index contributed by atoms with van der Waals surface area (Å²) in [5.41, 5.74) is -0.0568. The first kappa shape index (κ1) is 12.5. The van der Waals surface area contributed by atoms with E-state index in [-0.39, 0.29) is 11.4 Å². The molecule has 0 amide bonds. The van der Waals surface area contributed by atoms with Crippen LogP contribution in [0, 0.1) is 5.82 Å². The maximum absolute atomic E-state index is 12.8. The van der Waals surface area contributed by atoms with Crippen LogP contribution >= 0.6 is 0 Å². The second kappa shape index (κ2) is 4.39. The molecule has 3 heteroatoms. The van der Waals surface area contributed by atoms with Gasteiger partial charge in [-0.25, -0.2) is 4.39 Å². The van der Waals surface area contributed by atoms with Gasteiger partial charge < -0.3 is 9.84 Å². The van der Waals surface area contributed by atoms with Crippen LogP contribution in [0.5, 0.6) is 0 Å². The Morgan fingerprint density at radius 3 is 2.53 bits per heavy atom. The molecule has 17 heavy (non-hydrogen) atoms. The molecule has 1 heterocycles.